The number of nitrogens with one attached hydrogen (secondary N) is 3. The molecule has 2 unspecified atom stereocenters. The van der Waals surface area contributed by atoms with Gasteiger partial charge in [-0.2, -0.15) is 17.4 Å². The van der Waals surface area contributed by atoms with E-state index >= 15 is 0 Å². The Kier molecular flexibility index (Phi) is 8.17. The highest BCUT2D eigenvalue weighted by Crippen LogP contribution is 2.32. The minimum atomic E-state index is -4.13. The first-order valence-corrected chi connectivity index (χ1v) is 14.0. The number of rotatable bonds is 6. The van der Waals surface area contributed by atoms with Gasteiger partial charge >= 0.3 is 0 Å². The molecule has 3 aromatic rings. The van der Waals surface area contributed by atoms with Gasteiger partial charge in [0.2, 0.25) is 11.8 Å². The molecule has 37 heavy (non-hydrogen) atoms. The molecule has 1 aliphatic rings. The maximum atomic E-state index is 13.4. The summed E-state index contributed by atoms with van der Waals surface area (Å²) in [5.74, 6) is -1.93. The van der Waals surface area contributed by atoms with Gasteiger partial charge < -0.3 is 10.6 Å². The van der Waals surface area contributed by atoms with Crippen LogP contribution in [-0.4, -0.2) is 48.7 Å². The van der Waals surface area contributed by atoms with E-state index in [0.717, 1.165) is 20.8 Å². The van der Waals surface area contributed by atoms with Gasteiger partial charge in [-0.3, -0.25) is 9.59 Å². The Morgan fingerprint density at radius 1 is 1.19 bits per heavy atom. The molecule has 14 heteroatoms. The third-order valence-electron chi connectivity index (χ3n) is 5.79. The lowest BCUT2D eigenvalue weighted by molar-refractivity contribution is -0.124. The van der Waals surface area contributed by atoms with Crippen LogP contribution in [-0.2, 0) is 26.3 Å². The number of benzene rings is 2. The monoisotopic (exact) mass is 585 g/mol. The molecule has 1 saturated heterocycles. The highest BCUT2D eigenvalue weighted by molar-refractivity contribution is 7.87. The van der Waals surface area contributed by atoms with E-state index in [9.17, 15) is 22.4 Å². The highest BCUT2D eigenvalue weighted by Gasteiger charge is 2.42. The van der Waals surface area contributed by atoms with E-state index in [2.05, 4.69) is 20.3 Å². The van der Waals surface area contributed by atoms with Crippen molar-refractivity contribution in [1.29, 1.82) is 0 Å². The van der Waals surface area contributed by atoms with Crippen LogP contribution in [0.1, 0.15) is 17.0 Å². The van der Waals surface area contributed by atoms with E-state index in [4.69, 9.17) is 23.2 Å². The highest BCUT2D eigenvalue weighted by atomic mass is 35.5. The van der Waals surface area contributed by atoms with E-state index in [1.54, 1.807) is 13.0 Å². The van der Waals surface area contributed by atoms with Gasteiger partial charge in [-0.15, -0.1) is 11.3 Å². The molecule has 3 N–H and O–H groups in total. The molecule has 2 atom stereocenters. The van der Waals surface area contributed by atoms with Gasteiger partial charge in [0.05, 0.1) is 22.3 Å². The normalized spacial score (nSPS) is 19.4. The molecular weight excluding hydrogens is 564 g/mol. The summed E-state index contributed by atoms with van der Waals surface area (Å²) in [7, 11) is -2.90. The predicted octanol–water partition coefficient (Wildman–Crippen LogP) is 3.73. The smallest absolute Gasteiger partial charge is 0.280 e. The van der Waals surface area contributed by atoms with Crippen LogP contribution in [0.3, 0.4) is 0 Å². The van der Waals surface area contributed by atoms with Crippen molar-refractivity contribution in [1.82, 2.24) is 19.3 Å². The number of carbonyl (C=O) groups excluding carboxylic acids is 2. The van der Waals surface area contributed by atoms with Gasteiger partial charge in [0.25, 0.3) is 10.2 Å². The number of halogens is 3. The van der Waals surface area contributed by atoms with Crippen molar-refractivity contribution in [3.8, 4) is 10.6 Å². The Morgan fingerprint density at radius 3 is 2.62 bits per heavy atom. The fraction of sp³-hybridized carbons (Fsp3) is 0.261. The van der Waals surface area contributed by atoms with Crippen LogP contribution < -0.4 is 15.4 Å². The van der Waals surface area contributed by atoms with Crippen molar-refractivity contribution in [2.75, 3.05) is 12.4 Å². The zero-order chi connectivity index (χ0) is 26.9. The van der Waals surface area contributed by atoms with Crippen LogP contribution in [0.4, 0.5) is 10.1 Å². The molecule has 2 heterocycles. The summed E-state index contributed by atoms with van der Waals surface area (Å²) < 4.78 is 41.9. The van der Waals surface area contributed by atoms with Crippen LogP contribution in [0.2, 0.25) is 10.0 Å². The molecule has 1 fully saturated rings. The van der Waals surface area contributed by atoms with E-state index < -0.39 is 39.9 Å². The minimum Gasteiger partial charge on any atom is -0.350 e. The summed E-state index contributed by atoms with van der Waals surface area (Å²) in [6.45, 7) is 1.92. The number of anilines is 1. The molecule has 2 aromatic carbocycles. The molecule has 0 bridgehead atoms. The van der Waals surface area contributed by atoms with Crippen molar-refractivity contribution < 1.29 is 22.4 Å². The van der Waals surface area contributed by atoms with E-state index in [1.807, 2.05) is 18.2 Å². The number of hydrogen-bond acceptors (Lipinski definition) is 6. The number of carbonyl (C=O) groups is 2. The van der Waals surface area contributed by atoms with Crippen LogP contribution in [0.5, 0.6) is 0 Å². The number of nitrogens with zero attached hydrogens (tertiary/aromatic N) is 2. The lowest BCUT2D eigenvalue weighted by atomic mass is 10.1. The third-order valence-corrected chi connectivity index (χ3v) is 9.20. The lowest BCUT2D eigenvalue weighted by Gasteiger charge is -2.35. The second-order valence-corrected chi connectivity index (χ2v) is 11.9. The minimum absolute atomic E-state index is 0.117. The van der Waals surface area contributed by atoms with Gasteiger partial charge in [0.15, 0.2) is 0 Å². The van der Waals surface area contributed by atoms with Gasteiger partial charge in [-0.05, 0) is 37.6 Å². The summed E-state index contributed by atoms with van der Waals surface area (Å²) in [6, 6.07) is 8.49. The van der Waals surface area contributed by atoms with Crippen LogP contribution in [0, 0.1) is 12.7 Å². The molecule has 2 amide bonds. The number of likely N-dealkylation sites (N-methyl/N-ethyl adjacent to an activating group) is 1. The molecule has 0 radical (unpaired) electrons. The number of thiazole rings is 1. The number of hydrogen-bond donors (Lipinski definition) is 3. The largest absolute Gasteiger partial charge is 0.350 e. The second-order valence-electron chi connectivity index (χ2n) is 8.29. The van der Waals surface area contributed by atoms with Gasteiger partial charge in [-0.25, -0.2) is 9.37 Å². The Labute approximate surface area is 227 Å². The molecular formula is C23H22Cl2FN5O4S2. The Hall–Kier alpha value is -2.61. The van der Waals surface area contributed by atoms with Crippen LogP contribution in [0.15, 0.2) is 42.5 Å². The number of aromatic nitrogens is 1. The first-order valence-electron chi connectivity index (χ1n) is 11.0. The molecule has 196 valence electrons. The quantitative estimate of drug-likeness (QED) is 0.407. The first kappa shape index (κ1) is 27.4. The topological polar surface area (TPSA) is 120 Å². The van der Waals surface area contributed by atoms with Gasteiger partial charge in [-0.1, -0.05) is 41.4 Å². The molecule has 1 aromatic heterocycles. The fourth-order valence-electron chi connectivity index (χ4n) is 3.71. The summed E-state index contributed by atoms with van der Waals surface area (Å²) in [5.41, 5.74) is 1.67. The van der Waals surface area contributed by atoms with Gasteiger partial charge in [0.1, 0.15) is 22.9 Å². The summed E-state index contributed by atoms with van der Waals surface area (Å²) >= 11 is 13.4. The Morgan fingerprint density at radius 2 is 1.92 bits per heavy atom. The average molecular weight is 586 g/mol. The van der Waals surface area contributed by atoms with E-state index in [0.29, 0.717) is 15.7 Å². The zero-order valence-electron chi connectivity index (χ0n) is 19.6. The van der Waals surface area contributed by atoms with Crippen molar-refractivity contribution in [3.63, 3.8) is 0 Å². The fourth-order valence-corrected chi connectivity index (χ4v) is 6.46. The van der Waals surface area contributed by atoms with E-state index in [-0.39, 0.29) is 23.7 Å². The average Bonchev–Trinajstić information content (AvgIpc) is 3.21. The Bertz CT molecular complexity index is 1470. The van der Waals surface area contributed by atoms with Gasteiger partial charge in [0, 0.05) is 23.2 Å². The zero-order valence-corrected chi connectivity index (χ0v) is 22.7. The number of aryl methyl sites for hydroxylation is 1. The molecule has 1 aliphatic heterocycles. The van der Waals surface area contributed by atoms with Crippen molar-refractivity contribution >= 4 is 62.2 Å². The summed E-state index contributed by atoms with van der Waals surface area (Å²) in [5, 5.41) is 6.31. The van der Waals surface area contributed by atoms with Crippen molar-refractivity contribution in [3.05, 3.63) is 68.9 Å². The van der Waals surface area contributed by atoms with Crippen molar-refractivity contribution in [2.45, 2.75) is 32.0 Å². The summed E-state index contributed by atoms with van der Waals surface area (Å²) in [4.78, 5) is 31.1. The first-order chi connectivity index (χ1) is 17.5. The van der Waals surface area contributed by atoms with Crippen molar-refractivity contribution in [2.24, 2.45) is 0 Å². The Balaban J connectivity index is 1.45. The van der Waals surface area contributed by atoms with E-state index in [1.165, 1.54) is 30.5 Å². The lowest BCUT2D eigenvalue weighted by Crippen LogP contribution is -2.62. The molecule has 0 spiro atoms. The number of amides is 2. The van der Waals surface area contributed by atoms with Crippen LogP contribution >= 0.6 is 34.5 Å². The molecule has 9 nitrogen and oxygen atoms in total. The second kappa shape index (κ2) is 11.0. The third kappa shape index (κ3) is 6.11. The predicted molar refractivity (Wildman–Crippen MR) is 141 cm³/mol. The maximum absolute atomic E-state index is 13.4. The summed E-state index contributed by atoms with van der Waals surface area (Å²) in [6.07, 6.45) is -0.130. The molecule has 4 rings (SSSR count). The maximum Gasteiger partial charge on any atom is 0.280 e. The molecule has 0 aliphatic carbocycles. The van der Waals surface area contributed by atoms with Crippen LogP contribution in [0.25, 0.3) is 10.6 Å². The SMILES string of the molecule is Cc1nc(-c2ccccc2Cl)sc1CNC(=O)C1CC(C(=O)Nc2ccc(F)c(Cl)c2)N(C)S(=O)(=O)N1. The standard InChI is InChI=1S/C23H22Cl2FN5O4S2/c1-12-20(36-23(28-12)14-5-3-4-6-15(14)24)11-27-21(32)18-10-19(31(2)37(34,35)30-18)22(33)29-13-7-8-17(26)16(25)9-13/h3-9,18-19,30H,10-11H2,1-2H3,(H,27,32)(H,29,33). The molecule has 0 saturated carbocycles.